The minimum Gasteiger partial charge on any atom is -0.449 e. The summed E-state index contributed by atoms with van der Waals surface area (Å²) in [6.45, 7) is 2.29. The molecule has 5 rings (SSSR count). The minimum absolute atomic E-state index is 0.0586. The Morgan fingerprint density at radius 3 is 2.23 bits per heavy atom. The number of piperidine rings is 1. The van der Waals surface area contributed by atoms with E-state index in [0.717, 1.165) is 32.1 Å². The van der Waals surface area contributed by atoms with Gasteiger partial charge in [-0.15, -0.1) is 0 Å². The molecule has 0 saturated carbocycles. The largest absolute Gasteiger partial charge is 0.449 e. The third-order valence-corrected chi connectivity index (χ3v) is 7.85. The van der Waals surface area contributed by atoms with Crippen molar-refractivity contribution in [1.29, 1.82) is 0 Å². The normalized spacial score (nSPS) is 14.8. The van der Waals surface area contributed by atoms with Crippen LogP contribution in [0.1, 0.15) is 59.5 Å². The number of amides is 3. The van der Waals surface area contributed by atoms with Gasteiger partial charge in [-0.25, -0.2) is 9.59 Å². The number of carbonyl (C=O) groups is 3. The minimum atomic E-state index is -0.904. The first-order valence-electron chi connectivity index (χ1n) is 13.9. The van der Waals surface area contributed by atoms with Crippen LogP contribution in [-0.4, -0.2) is 49.2 Å². The van der Waals surface area contributed by atoms with E-state index >= 15 is 0 Å². The van der Waals surface area contributed by atoms with Gasteiger partial charge >= 0.3 is 12.2 Å². The highest BCUT2D eigenvalue weighted by molar-refractivity contribution is 5.94. The summed E-state index contributed by atoms with van der Waals surface area (Å²) in [5.74, 6) is 0.812. The van der Waals surface area contributed by atoms with E-state index in [1.54, 1.807) is 24.3 Å². The number of nitrogens with zero attached hydrogens (tertiary/aromatic N) is 1. The van der Waals surface area contributed by atoms with Crippen LogP contribution in [0.25, 0.3) is 11.1 Å². The molecule has 8 nitrogen and oxygen atoms in total. The third kappa shape index (κ3) is 6.45. The van der Waals surface area contributed by atoms with Gasteiger partial charge in [-0.2, -0.15) is 0 Å². The number of unbranched alkanes of at least 4 members (excludes halogenated alkanes) is 1. The van der Waals surface area contributed by atoms with Crippen LogP contribution in [0.5, 0.6) is 5.75 Å². The first-order chi connectivity index (χ1) is 19.5. The lowest BCUT2D eigenvalue weighted by molar-refractivity contribution is 0.0685. The van der Waals surface area contributed by atoms with Crippen molar-refractivity contribution in [1.82, 2.24) is 10.2 Å². The van der Waals surface area contributed by atoms with Crippen LogP contribution < -0.4 is 15.8 Å². The van der Waals surface area contributed by atoms with Crippen molar-refractivity contribution in [3.05, 3.63) is 89.5 Å². The average molecular weight is 542 g/mol. The molecule has 8 heteroatoms. The van der Waals surface area contributed by atoms with Crippen LogP contribution in [0, 0.1) is 5.92 Å². The van der Waals surface area contributed by atoms with Gasteiger partial charge in [-0.3, -0.25) is 4.79 Å². The third-order valence-electron chi connectivity index (χ3n) is 7.85. The van der Waals surface area contributed by atoms with E-state index < -0.39 is 6.09 Å². The van der Waals surface area contributed by atoms with Gasteiger partial charge in [0, 0.05) is 31.1 Å². The van der Waals surface area contributed by atoms with E-state index in [4.69, 9.17) is 15.2 Å². The molecular formula is C32H35N3O5. The highest BCUT2D eigenvalue weighted by atomic mass is 16.6. The summed E-state index contributed by atoms with van der Waals surface area (Å²) in [4.78, 5) is 38.1. The lowest BCUT2D eigenvalue weighted by Gasteiger charge is -2.32. The Morgan fingerprint density at radius 2 is 1.55 bits per heavy atom. The van der Waals surface area contributed by atoms with E-state index in [9.17, 15) is 14.4 Å². The molecule has 3 aromatic carbocycles. The molecule has 0 atom stereocenters. The molecule has 1 aliphatic heterocycles. The number of nitrogens with two attached hydrogens (primary N) is 1. The quantitative estimate of drug-likeness (QED) is 0.337. The molecule has 0 unspecified atom stereocenters. The number of hydrogen-bond donors (Lipinski definition) is 2. The fourth-order valence-corrected chi connectivity index (χ4v) is 5.81. The number of primary amides is 1. The molecule has 3 amide bonds. The summed E-state index contributed by atoms with van der Waals surface area (Å²) in [6, 6.07) is 23.1. The smallest absolute Gasteiger partial charge is 0.409 e. The maximum Gasteiger partial charge on any atom is 0.409 e. The Bertz CT molecular complexity index is 1320. The summed E-state index contributed by atoms with van der Waals surface area (Å²) in [7, 11) is 0. The van der Waals surface area contributed by atoms with Crippen LogP contribution >= 0.6 is 0 Å². The highest BCUT2D eigenvalue weighted by Gasteiger charge is 2.29. The Labute approximate surface area is 234 Å². The average Bonchev–Trinajstić information content (AvgIpc) is 3.29. The van der Waals surface area contributed by atoms with Gasteiger partial charge < -0.3 is 25.4 Å². The number of benzene rings is 3. The van der Waals surface area contributed by atoms with Gasteiger partial charge in [0.1, 0.15) is 12.4 Å². The summed E-state index contributed by atoms with van der Waals surface area (Å²) in [5, 5.41) is 2.90. The van der Waals surface area contributed by atoms with Crippen LogP contribution in [0.4, 0.5) is 9.59 Å². The Balaban J connectivity index is 0.983. The Hall–Kier alpha value is -4.33. The molecule has 0 aromatic heterocycles. The molecule has 0 bridgehead atoms. The van der Waals surface area contributed by atoms with Crippen LogP contribution in [-0.2, 0) is 4.74 Å². The van der Waals surface area contributed by atoms with Crippen molar-refractivity contribution in [2.24, 2.45) is 11.7 Å². The summed E-state index contributed by atoms with van der Waals surface area (Å²) in [5.41, 5.74) is 10.4. The van der Waals surface area contributed by atoms with E-state index in [-0.39, 0.29) is 23.7 Å². The molecule has 208 valence electrons. The number of alkyl carbamates (subject to hydrolysis) is 1. The topological polar surface area (TPSA) is 111 Å². The summed E-state index contributed by atoms with van der Waals surface area (Å²) >= 11 is 0. The second kappa shape index (κ2) is 12.7. The lowest BCUT2D eigenvalue weighted by Crippen LogP contribution is -2.38. The van der Waals surface area contributed by atoms with Gasteiger partial charge in [0.05, 0.1) is 0 Å². The van der Waals surface area contributed by atoms with Gasteiger partial charge in [0.15, 0.2) is 0 Å². The van der Waals surface area contributed by atoms with Crippen molar-refractivity contribution in [2.75, 3.05) is 26.2 Å². The monoisotopic (exact) mass is 541 g/mol. The van der Waals surface area contributed by atoms with Gasteiger partial charge in [0.2, 0.25) is 0 Å². The van der Waals surface area contributed by atoms with E-state index in [0.29, 0.717) is 37.7 Å². The van der Waals surface area contributed by atoms with Crippen molar-refractivity contribution in [3.63, 3.8) is 0 Å². The van der Waals surface area contributed by atoms with Crippen molar-refractivity contribution in [2.45, 2.75) is 38.0 Å². The van der Waals surface area contributed by atoms with Crippen LogP contribution in [0.2, 0.25) is 0 Å². The number of hydrogen-bond acceptors (Lipinski definition) is 5. The predicted octanol–water partition coefficient (Wildman–Crippen LogP) is 5.71. The molecule has 1 aliphatic carbocycles. The zero-order valence-corrected chi connectivity index (χ0v) is 22.5. The second-order valence-electron chi connectivity index (χ2n) is 10.4. The van der Waals surface area contributed by atoms with Gasteiger partial charge in [-0.05, 0) is 65.6 Å². The predicted molar refractivity (Wildman–Crippen MR) is 152 cm³/mol. The molecule has 3 N–H and O–H groups in total. The van der Waals surface area contributed by atoms with E-state index in [2.05, 4.69) is 29.6 Å². The zero-order valence-electron chi connectivity index (χ0n) is 22.5. The Kier molecular flexibility index (Phi) is 8.64. The summed E-state index contributed by atoms with van der Waals surface area (Å²) < 4.78 is 10.5. The lowest BCUT2D eigenvalue weighted by atomic mass is 9.91. The second-order valence-corrected chi connectivity index (χ2v) is 10.4. The van der Waals surface area contributed by atoms with Crippen LogP contribution in [0.15, 0.2) is 72.8 Å². The molecular weight excluding hydrogens is 506 g/mol. The van der Waals surface area contributed by atoms with E-state index in [1.165, 1.54) is 22.3 Å². The summed E-state index contributed by atoms with van der Waals surface area (Å²) in [6.07, 6.45) is 3.57. The maximum absolute atomic E-state index is 12.9. The molecule has 1 saturated heterocycles. The number of ether oxygens (including phenoxy) is 2. The zero-order chi connectivity index (χ0) is 27.9. The number of fused-ring (bicyclic) bond motifs is 3. The van der Waals surface area contributed by atoms with Crippen molar-refractivity contribution >= 4 is 18.1 Å². The fraction of sp³-hybridized carbons (Fsp3) is 0.344. The first kappa shape index (κ1) is 27.2. The number of likely N-dealkylation sites (tertiary alicyclic amines) is 1. The van der Waals surface area contributed by atoms with Gasteiger partial charge in [0.25, 0.3) is 5.91 Å². The van der Waals surface area contributed by atoms with Gasteiger partial charge in [-0.1, -0.05) is 67.4 Å². The molecule has 1 fully saturated rings. The number of carbonyl (C=O) groups excluding carboxylic acids is 3. The number of nitrogens with one attached hydrogen (secondary N) is 1. The van der Waals surface area contributed by atoms with Crippen molar-refractivity contribution < 1.29 is 23.9 Å². The maximum atomic E-state index is 12.9. The molecule has 40 heavy (non-hydrogen) atoms. The highest BCUT2D eigenvalue weighted by Crippen LogP contribution is 2.44. The SMILES string of the molecule is NC(=O)Oc1cccc(C(=O)N2CCC(CCCCNC(=O)OCC3c4ccccc4-c4ccccc43)CC2)c1. The molecule has 1 heterocycles. The first-order valence-corrected chi connectivity index (χ1v) is 13.9. The standard InChI is InChI=1S/C32H35N3O5/c33-31(37)40-24-10-7-9-23(20-24)30(36)35-18-15-22(16-19-35)8-5-6-17-34-32(38)39-21-29-27-13-3-1-11-25(27)26-12-2-4-14-28(26)29/h1-4,7,9-14,20,22,29H,5-6,8,15-19,21H2,(H2,33,37)(H,34,38). The fourth-order valence-electron chi connectivity index (χ4n) is 5.81. The Morgan fingerprint density at radius 1 is 0.875 bits per heavy atom. The number of rotatable bonds is 9. The van der Waals surface area contributed by atoms with Crippen LogP contribution in [0.3, 0.4) is 0 Å². The molecule has 0 radical (unpaired) electrons. The van der Waals surface area contributed by atoms with E-state index in [1.807, 2.05) is 29.2 Å². The molecule has 0 spiro atoms. The molecule has 3 aromatic rings. The molecule has 2 aliphatic rings. The van der Waals surface area contributed by atoms with Crippen molar-refractivity contribution in [3.8, 4) is 16.9 Å².